The number of rotatable bonds is 18. The van der Waals surface area contributed by atoms with E-state index in [-0.39, 0.29) is 57.6 Å². The molecule has 5 amide bonds. The predicted octanol–water partition coefficient (Wildman–Crippen LogP) is -3.81. The number of aliphatic hydroxyl groups excluding tert-OH is 1. The van der Waals surface area contributed by atoms with Gasteiger partial charge in [-0.3, -0.25) is 48.6 Å². The zero-order chi connectivity index (χ0) is 41.3. The second-order valence-corrected chi connectivity index (χ2v) is 16.7. The van der Waals surface area contributed by atoms with Crippen molar-refractivity contribution >= 4 is 56.7 Å². The molecule has 2 unspecified atom stereocenters. The average molecular weight is 822 g/mol. The number of benzene rings is 1. The van der Waals surface area contributed by atoms with Gasteiger partial charge in [-0.2, -0.15) is 0 Å². The van der Waals surface area contributed by atoms with Crippen molar-refractivity contribution in [3.63, 3.8) is 0 Å². The molecule has 1 aliphatic rings. The fourth-order valence-corrected chi connectivity index (χ4v) is 7.87. The van der Waals surface area contributed by atoms with Gasteiger partial charge in [-0.25, -0.2) is 0 Å². The Labute approximate surface area is 315 Å². The molecule has 0 saturated carbocycles. The Balaban J connectivity index is 2.36. The lowest BCUT2D eigenvalue weighted by molar-refractivity contribution is -0.141. The molecule has 0 spiro atoms. The molecule has 1 aromatic carbocycles. The third-order valence-corrected chi connectivity index (χ3v) is 11.9. The van der Waals surface area contributed by atoms with E-state index in [9.17, 15) is 67.7 Å². The number of aliphatic carboxylic acids is 1. The highest BCUT2D eigenvalue weighted by Crippen LogP contribution is 2.61. The summed E-state index contributed by atoms with van der Waals surface area (Å²) in [5.74, 6) is -6.33. The van der Waals surface area contributed by atoms with Gasteiger partial charge in [-0.1, -0.05) is 30.3 Å². The fraction of sp³-hybridized carbons (Fsp3) is 0.567. The van der Waals surface area contributed by atoms with E-state index in [1.54, 1.807) is 30.3 Å². The van der Waals surface area contributed by atoms with E-state index in [0.29, 0.717) is 5.56 Å². The quantitative estimate of drug-likeness (QED) is 0.0222. The van der Waals surface area contributed by atoms with Crippen LogP contribution in [0, 0.1) is 5.41 Å². The monoisotopic (exact) mass is 821 g/mol. The van der Waals surface area contributed by atoms with Crippen LogP contribution in [-0.2, 0) is 44.3 Å². The molecule has 1 heterocycles. The van der Waals surface area contributed by atoms with E-state index >= 15 is 0 Å². The molecular weight excluding hydrogens is 772 g/mol. The normalized spacial score (nSPS) is 21.2. The summed E-state index contributed by atoms with van der Waals surface area (Å²) in [7, 11) is -10.6. The van der Waals surface area contributed by atoms with Crippen LogP contribution in [0.25, 0.3) is 0 Å². The van der Waals surface area contributed by atoms with Gasteiger partial charge < -0.3 is 67.4 Å². The molecule has 5 atom stereocenters. The van der Waals surface area contributed by atoms with Crippen LogP contribution < -0.4 is 43.0 Å². The second kappa shape index (κ2) is 22.2. The Kier molecular flexibility index (Phi) is 18.8. The molecule has 1 fully saturated rings. The lowest BCUT2D eigenvalue weighted by atomic mass is 10.0. The molecule has 2 rings (SSSR count). The van der Waals surface area contributed by atoms with Crippen LogP contribution in [0.2, 0.25) is 0 Å². The summed E-state index contributed by atoms with van der Waals surface area (Å²) < 4.78 is 23.1. The Hall–Kier alpha value is -4.47. The number of carbonyl (C=O) groups is 6. The van der Waals surface area contributed by atoms with E-state index < -0.39 is 106 Å². The van der Waals surface area contributed by atoms with Crippen molar-refractivity contribution in [3.8, 4) is 0 Å². The van der Waals surface area contributed by atoms with Crippen LogP contribution in [0.15, 0.2) is 30.3 Å². The summed E-state index contributed by atoms with van der Waals surface area (Å²) >= 11 is 0. The number of nitrogens with two attached hydrogens (primary N) is 1. The van der Waals surface area contributed by atoms with E-state index in [2.05, 4.69) is 37.2 Å². The number of carboxylic acid groups (broad SMARTS) is 1. The van der Waals surface area contributed by atoms with Gasteiger partial charge in [-0.05, 0) is 44.2 Å². The van der Waals surface area contributed by atoms with Crippen LogP contribution in [0.4, 0.5) is 0 Å². The molecular formula is C30H49N9O14P2. The van der Waals surface area contributed by atoms with Crippen LogP contribution >= 0.6 is 15.2 Å². The molecule has 308 valence electrons. The molecule has 1 aromatic rings. The van der Waals surface area contributed by atoms with Crippen LogP contribution in [0.1, 0.15) is 50.5 Å². The Morgan fingerprint density at radius 3 is 1.93 bits per heavy atom. The Bertz CT molecular complexity index is 1590. The minimum Gasteiger partial charge on any atom is -0.481 e. The van der Waals surface area contributed by atoms with Gasteiger partial charge in [0, 0.05) is 19.4 Å². The summed E-state index contributed by atoms with van der Waals surface area (Å²) in [6, 6.07) is 2.64. The maximum Gasteiger partial charge on any atom is 0.340 e. The highest BCUT2D eigenvalue weighted by molar-refractivity contribution is 7.70. The average Bonchev–Trinajstić information content (AvgIpc) is 3.08. The van der Waals surface area contributed by atoms with Crippen molar-refractivity contribution in [2.45, 2.75) is 87.2 Å². The van der Waals surface area contributed by atoms with Crippen molar-refractivity contribution in [1.82, 2.24) is 37.2 Å². The molecule has 0 bridgehead atoms. The molecule has 0 aromatic heterocycles. The van der Waals surface area contributed by atoms with Crippen LogP contribution in [-0.4, -0.2) is 127 Å². The number of carbonyl (C=O) groups excluding carboxylic acids is 5. The Morgan fingerprint density at radius 1 is 0.800 bits per heavy atom. The molecule has 55 heavy (non-hydrogen) atoms. The summed E-state index contributed by atoms with van der Waals surface area (Å²) in [6.07, 6.45) is -3.42. The van der Waals surface area contributed by atoms with Crippen molar-refractivity contribution < 1.29 is 67.7 Å². The minimum absolute atomic E-state index is 0.0372. The number of carboxylic acids is 1. The van der Waals surface area contributed by atoms with Crippen molar-refractivity contribution in [2.24, 2.45) is 5.73 Å². The topological polar surface area (TPSA) is 392 Å². The number of aliphatic hydroxyl groups is 1. The number of nitrogens with one attached hydrogen (secondary N) is 8. The Morgan fingerprint density at radius 2 is 1.35 bits per heavy atom. The molecule has 25 heteroatoms. The summed E-state index contributed by atoms with van der Waals surface area (Å²) in [4.78, 5) is 116. The maximum atomic E-state index is 13.8. The summed E-state index contributed by atoms with van der Waals surface area (Å²) in [5, 5.41) is 41.6. The minimum atomic E-state index is -5.29. The molecule has 0 aliphatic carbocycles. The first-order chi connectivity index (χ1) is 25.7. The van der Waals surface area contributed by atoms with Crippen molar-refractivity contribution in [1.29, 1.82) is 5.41 Å². The van der Waals surface area contributed by atoms with E-state index in [1.807, 2.05) is 0 Å². The van der Waals surface area contributed by atoms with Gasteiger partial charge in [0.25, 0.3) is 0 Å². The number of hydrogen-bond acceptors (Lipinski definition) is 11. The molecule has 16 N–H and O–H groups in total. The van der Waals surface area contributed by atoms with Gasteiger partial charge in [0.05, 0.1) is 13.0 Å². The zero-order valence-electron chi connectivity index (χ0n) is 29.6. The SMILES string of the molecule is N=C(N)NCCC[C@H]1NC(=O)[C@@H](CCCCNC(O)CC(P(=O)(O)O)P(=O)(O)O)NC(=O)[C@H](Cc2ccccc2)NC(=O)C(CC(=O)O)NC(=O)CNC1=O. The van der Waals surface area contributed by atoms with Gasteiger partial charge >= 0.3 is 21.2 Å². The molecule has 1 saturated heterocycles. The third kappa shape index (κ3) is 17.7. The highest BCUT2D eigenvalue weighted by Gasteiger charge is 2.44. The zero-order valence-corrected chi connectivity index (χ0v) is 31.3. The van der Waals surface area contributed by atoms with Crippen molar-refractivity contribution in [3.05, 3.63) is 35.9 Å². The van der Waals surface area contributed by atoms with E-state index in [4.69, 9.17) is 11.1 Å². The van der Waals surface area contributed by atoms with Gasteiger partial charge in [0.2, 0.25) is 29.5 Å². The standard InChI is InChI=1S/C30H49N9O14P2/c31-30(32)34-12-6-10-18-26(44)35-16-23(41)36-21(14-24(42)43)29(47)39-20(13-17-7-2-1-3-8-17)28(46)38-19(27(45)37-18)9-4-5-11-33-22(40)15-25(54(48,49)50)55(51,52)53/h1-3,7-8,18-22,25,33,40H,4-6,9-16H2,(H,35,44)(H,36,41)(H,37,45)(H,38,46)(H,39,47)(H,42,43)(H4,31,32,34)(H2,48,49,50)(H2,51,52,53)/t18-,19-,20+,21?,22?/m1/s1. The second-order valence-electron chi connectivity index (χ2n) is 12.7. The molecule has 0 radical (unpaired) electrons. The van der Waals surface area contributed by atoms with Crippen molar-refractivity contribution in [2.75, 3.05) is 19.6 Å². The summed E-state index contributed by atoms with van der Waals surface area (Å²) in [5.41, 5.74) is 5.87. The van der Waals surface area contributed by atoms with E-state index in [0.717, 1.165) is 0 Å². The van der Waals surface area contributed by atoms with Gasteiger partial charge in [-0.15, -0.1) is 0 Å². The number of unbranched alkanes of at least 4 members (excludes halogenated alkanes) is 1. The summed E-state index contributed by atoms with van der Waals surface area (Å²) in [6.45, 7) is -0.662. The lowest BCUT2D eigenvalue weighted by Gasteiger charge is -2.26. The fourth-order valence-electron chi connectivity index (χ4n) is 5.36. The van der Waals surface area contributed by atoms with Gasteiger partial charge in [0.1, 0.15) is 30.4 Å². The van der Waals surface area contributed by atoms with Crippen LogP contribution in [0.3, 0.4) is 0 Å². The first-order valence-electron chi connectivity index (χ1n) is 17.0. The molecule has 23 nitrogen and oxygen atoms in total. The maximum absolute atomic E-state index is 13.8. The largest absolute Gasteiger partial charge is 0.481 e. The lowest BCUT2D eigenvalue weighted by Crippen LogP contribution is -2.58. The van der Waals surface area contributed by atoms with Gasteiger partial charge in [0.15, 0.2) is 11.4 Å². The smallest absolute Gasteiger partial charge is 0.340 e. The third-order valence-electron chi connectivity index (χ3n) is 8.13. The van der Waals surface area contributed by atoms with E-state index in [1.165, 1.54) is 0 Å². The number of guanidine groups is 1. The number of hydrogen-bond donors (Lipinski definition) is 15. The first-order valence-corrected chi connectivity index (χ1v) is 20.4. The molecule has 1 aliphatic heterocycles. The predicted molar refractivity (Wildman–Crippen MR) is 193 cm³/mol. The van der Waals surface area contributed by atoms with Crippen LogP contribution in [0.5, 0.6) is 0 Å². The highest BCUT2D eigenvalue weighted by atomic mass is 31.2. The first kappa shape index (κ1) is 46.7. The number of amides is 5.